The highest BCUT2D eigenvalue weighted by Crippen LogP contribution is 2.26. The molecule has 2 heterocycles. The molecule has 1 saturated heterocycles. The molecule has 112 valence electrons. The van der Waals surface area contributed by atoms with Crippen molar-refractivity contribution in [2.75, 3.05) is 36.0 Å². The van der Waals surface area contributed by atoms with Crippen LogP contribution in [0.25, 0.3) is 0 Å². The molecule has 5 heteroatoms. The number of aryl methyl sites for hydroxylation is 1. The summed E-state index contributed by atoms with van der Waals surface area (Å²) in [4.78, 5) is 4.79. The zero-order valence-corrected chi connectivity index (χ0v) is 15.0. The molecule has 1 aliphatic rings. The molecule has 0 spiro atoms. The van der Waals surface area contributed by atoms with E-state index in [1.807, 2.05) is 18.2 Å². The summed E-state index contributed by atoms with van der Waals surface area (Å²) in [6, 6.07) is 14.4. The van der Waals surface area contributed by atoms with Crippen molar-refractivity contribution in [2.45, 2.75) is 0 Å². The van der Waals surface area contributed by atoms with Gasteiger partial charge in [-0.2, -0.15) is 0 Å². The molecule has 0 radical (unpaired) electrons. The maximum Gasteiger partial charge on any atom is 0.276 e. The summed E-state index contributed by atoms with van der Waals surface area (Å²) in [5, 5.41) is 0.839. The van der Waals surface area contributed by atoms with Crippen LogP contribution in [0, 0.1) is 0 Å². The first kappa shape index (κ1) is 16.4. The number of anilines is 2. The lowest BCUT2D eigenvalue weighted by Crippen LogP contribution is -3.00. The highest BCUT2D eigenvalue weighted by molar-refractivity contribution is 6.33. The van der Waals surface area contributed by atoms with Gasteiger partial charge in [0.15, 0.2) is 0 Å². The fourth-order valence-corrected chi connectivity index (χ4v) is 2.98. The van der Waals surface area contributed by atoms with Gasteiger partial charge in [-0.3, -0.25) is 4.90 Å². The predicted molar refractivity (Wildman–Crippen MR) is 83.5 cm³/mol. The highest BCUT2D eigenvalue weighted by Gasteiger charge is 2.25. The van der Waals surface area contributed by atoms with E-state index in [2.05, 4.69) is 51.9 Å². The number of rotatable bonds is 2. The van der Waals surface area contributed by atoms with Crippen LogP contribution in [0.1, 0.15) is 0 Å². The summed E-state index contributed by atoms with van der Waals surface area (Å²) < 4.78 is 2.17. The first-order valence-electron chi connectivity index (χ1n) is 6.95. The first-order chi connectivity index (χ1) is 9.75. The van der Waals surface area contributed by atoms with Crippen molar-refractivity contribution in [3.05, 3.63) is 53.7 Å². The summed E-state index contributed by atoms with van der Waals surface area (Å²) in [6.45, 7) is 4.03. The SMILES string of the molecule is C[n+]1ccccc1N1CCN(c2ccccc2Cl)CC1.[I-]. The van der Waals surface area contributed by atoms with Gasteiger partial charge in [0.2, 0.25) is 0 Å². The Morgan fingerprint density at radius 1 is 0.905 bits per heavy atom. The van der Waals surface area contributed by atoms with Crippen molar-refractivity contribution < 1.29 is 28.5 Å². The van der Waals surface area contributed by atoms with Crippen molar-refractivity contribution in [1.29, 1.82) is 0 Å². The second kappa shape index (κ2) is 7.31. The van der Waals surface area contributed by atoms with Crippen LogP contribution in [0.3, 0.4) is 0 Å². The van der Waals surface area contributed by atoms with E-state index in [0.29, 0.717) is 0 Å². The average molecular weight is 416 g/mol. The van der Waals surface area contributed by atoms with E-state index in [0.717, 1.165) is 36.9 Å². The summed E-state index contributed by atoms with van der Waals surface area (Å²) >= 11 is 6.28. The third kappa shape index (κ3) is 3.61. The van der Waals surface area contributed by atoms with Gasteiger partial charge in [0.1, 0.15) is 13.1 Å². The molecule has 0 unspecified atom stereocenters. The number of para-hydroxylation sites is 1. The van der Waals surface area contributed by atoms with Crippen LogP contribution in [0.2, 0.25) is 5.02 Å². The Morgan fingerprint density at radius 2 is 1.52 bits per heavy atom. The Morgan fingerprint density at radius 3 is 2.19 bits per heavy atom. The van der Waals surface area contributed by atoms with Crippen LogP contribution in [-0.2, 0) is 7.05 Å². The van der Waals surface area contributed by atoms with Gasteiger partial charge in [-0.05, 0) is 18.2 Å². The number of benzene rings is 1. The second-order valence-corrected chi connectivity index (χ2v) is 5.50. The molecule has 0 amide bonds. The van der Waals surface area contributed by atoms with E-state index in [1.165, 1.54) is 5.82 Å². The molecule has 0 saturated carbocycles. The molecule has 1 fully saturated rings. The van der Waals surface area contributed by atoms with E-state index < -0.39 is 0 Å². The fraction of sp³-hybridized carbons (Fsp3) is 0.312. The van der Waals surface area contributed by atoms with Gasteiger partial charge >= 0.3 is 0 Å². The summed E-state index contributed by atoms with van der Waals surface area (Å²) in [6.07, 6.45) is 2.09. The smallest absolute Gasteiger partial charge is 0.276 e. The molecule has 2 aromatic rings. The minimum atomic E-state index is 0. The number of aromatic nitrogens is 1. The van der Waals surface area contributed by atoms with Gasteiger partial charge < -0.3 is 28.9 Å². The van der Waals surface area contributed by atoms with Crippen LogP contribution >= 0.6 is 11.6 Å². The molecule has 3 nitrogen and oxygen atoms in total. The molecule has 0 aliphatic carbocycles. The van der Waals surface area contributed by atoms with Crippen LogP contribution in [0.15, 0.2) is 48.7 Å². The van der Waals surface area contributed by atoms with Gasteiger partial charge in [0.05, 0.1) is 37.0 Å². The van der Waals surface area contributed by atoms with Gasteiger partial charge in [-0.1, -0.05) is 29.8 Å². The lowest BCUT2D eigenvalue weighted by atomic mass is 10.2. The van der Waals surface area contributed by atoms with Crippen molar-refractivity contribution in [3.8, 4) is 0 Å². The molecule has 0 atom stereocenters. The summed E-state index contributed by atoms with van der Waals surface area (Å²) in [5.74, 6) is 1.27. The molecule has 1 aliphatic heterocycles. The minimum absolute atomic E-state index is 0. The van der Waals surface area contributed by atoms with E-state index in [1.54, 1.807) is 0 Å². The Kier molecular flexibility index (Phi) is 5.70. The van der Waals surface area contributed by atoms with E-state index >= 15 is 0 Å². The van der Waals surface area contributed by atoms with Gasteiger partial charge in [-0.15, -0.1) is 0 Å². The van der Waals surface area contributed by atoms with Crippen LogP contribution < -0.4 is 38.3 Å². The highest BCUT2D eigenvalue weighted by atomic mass is 127. The normalized spacial score (nSPS) is 14.8. The third-order valence-corrected chi connectivity index (χ3v) is 4.14. The Hall–Kier alpha value is -1.01. The van der Waals surface area contributed by atoms with Crippen LogP contribution in [-0.4, -0.2) is 26.2 Å². The van der Waals surface area contributed by atoms with Gasteiger partial charge in [-0.25, -0.2) is 4.57 Å². The Labute approximate surface area is 148 Å². The number of halogens is 2. The maximum atomic E-state index is 6.28. The molecular weight excluding hydrogens is 397 g/mol. The van der Waals surface area contributed by atoms with E-state index in [-0.39, 0.29) is 24.0 Å². The van der Waals surface area contributed by atoms with Gasteiger partial charge in [0.25, 0.3) is 5.82 Å². The molecular formula is C16H19ClIN3. The van der Waals surface area contributed by atoms with Crippen molar-refractivity contribution in [3.63, 3.8) is 0 Å². The number of pyridine rings is 1. The Balaban J connectivity index is 0.00000161. The molecule has 21 heavy (non-hydrogen) atoms. The maximum absolute atomic E-state index is 6.28. The zero-order chi connectivity index (χ0) is 13.9. The van der Waals surface area contributed by atoms with E-state index in [4.69, 9.17) is 11.6 Å². The molecule has 1 aromatic heterocycles. The molecule has 3 rings (SSSR count). The number of hydrogen-bond donors (Lipinski definition) is 0. The largest absolute Gasteiger partial charge is 1.00 e. The van der Waals surface area contributed by atoms with E-state index in [9.17, 15) is 0 Å². The quantitative estimate of drug-likeness (QED) is 0.483. The van der Waals surface area contributed by atoms with Crippen LogP contribution in [0.5, 0.6) is 0 Å². The standard InChI is InChI=1S/C16H19ClN3.HI/c1-18-9-5-4-8-16(18)20-12-10-19(11-13-20)15-7-3-2-6-14(15)17;/h2-9H,10-13H2,1H3;1H/q+1;/p-1. The lowest BCUT2D eigenvalue weighted by Gasteiger charge is -2.33. The number of hydrogen-bond acceptors (Lipinski definition) is 2. The average Bonchev–Trinajstić information content (AvgIpc) is 2.49. The third-order valence-electron chi connectivity index (χ3n) is 3.82. The Bertz CT molecular complexity index is 544. The van der Waals surface area contributed by atoms with Crippen molar-refractivity contribution in [1.82, 2.24) is 0 Å². The number of piperazine rings is 1. The number of nitrogens with zero attached hydrogens (tertiary/aromatic N) is 3. The monoisotopic (exact) mass is 415 g/mol. The van der Waals surface area contributed by atoms with Gasteiger partial charge in [0, 0.05) is 6.07 Å². The minimum Gasteiger partial charge on any atom is -1.00 e. The van der Waals surface area contributed by atoms with Crippen molar-refractivity contribution in [2.24, 2.45) is 7.05 Å². The summed E-state index contributed by atoms with van der Waals surface area (Å²) in [7, 11) is 2.09. The fourth-order valence-electron chi connectivity index (χ4n) is 2.73. The zero-order valence-electron chi connectivity index (χ0n) is 12.0. The molecule has 0 bridgehead atoms. The first-order valence-corrected chi connectivity index (χ1v) is 7.32. The second-order valence-electron chi connectivity index (χ2n) is 5.10. The van der Waals surface area contributed by atoms with Crippen molar-refractivity contribution >= 4 is 23.1 Å². The molecule has 1 aromatic carbocycles. The lowest BCUT2D eigenvalue weighted by molar-refractivity contribution is -0.659. The predicted octanol–water partition coefficient (Wildman–Crippen LogP) is -0.505. The summed E-state index contributed by atoms with van der Waals surface area (Å²) in [5.41, 5.74) is 1.14. The topological polar surface area (TPSA) is 10.4 Å². The molecule has 0 N–H and O–H groups in total. The van der Waals surface area contributed by atoms with Crippen LogP contribution in [0.4, 0.5) is 11.5 Å².